The number of carbonyl (C=O) groups excluding carboxylic acids is 1. The van der Waals surface area contributed by atoms with E-state index in [0.29, 0.717) is 5.56 Å². The number of phenols is 2. The second kappa shape index (κ2) is 16.1. The second-order valence-electron chi connectivity index (χ2n) is 13.0. The number of aromatic hydroxyl groups is 2. The molecule has 2 aromatic rings. The normalized spacial score (nSPS) is 38.8. The Bertz CT molecular complexity index is 1590. The first-order valence-electron chi connectivity index (χ1n) is 16.6. The van der Waals surface area contributed by atoms with E-state index in [1.54, 1.807) is 6.07 Å². The van der Waals surface area contributed by atoms with E-state index >= 15 is 0 Å². The van der Waals surface area contributed by atoms with E-state index in [2.05, 4.69) is 0 Å². The molecule has 0 aromatic heterocycles. The van der Waals surface area contributed by atoms with Gasteiger partial charge in [-0.1, -0.05) is 6.07 Å². The lowest BCUT2D eigenvalue weighted by atomic mass is 9.95. The molecule has 6 unspecified atom stereocenters. The summed E-state index contributed by atoms with van der Waals surface area (Å²) in [6.07, 6.45) is -25.0. The van der Waals surface area contributed by atoms with Crippen LogP contribution in [0.5, 0.6) is 28.7 Å². The van der Waals surface area contributed by atoms with Crippen molar-refractivity contribution in [3.63, 3.8) is 0 Å². The molecule has 3 fully saturated rings. The molecule has 20 nitrogen and oxygen atoms in total. The van der Waals surface area contributed by atoms with Crippen LogP contribution in [0.3, 0.4) is 0 Å². The van der Waals surface area contributed by atoms with Gasteiger partial charge in [0.2, 0.25) is 6.29 Å². The van der Waals surface area contributed by atoms with Gasteiger partial charge in [-0.2, -0.15) is 0 Å². The zero-order valence-corrected chi connectivity index (χ0v) is 28.0. The lowest BCUT2D eigenvalue weighted by Crippen LogP contribution is -2.65. The van der Waals surface area contributed by atoms with Crippen molar-refractivity contribution in [2.24, 2.45) is 0 Å². The monoisotopic (exact) mass is 758 g/mol. The van der Waals surface area contributed by atoms with Crippen molar-refractivity contribution in [2.75, 3.05) is 26.9 Å². The number of ketones is 1. The molecular weight excluding hydrogens is 716 g/mol. The number of carbonyl (C=O) groups is 1. The molecule has 0 spiro atoms. The summed E-state index contributed by atoms with van der Waals surface area (Å²) in [6.45, 7) is -1.85. The minimum atomic E-state index is -1.95. The zero-order chi connectivity index (χ0) is 38.3. The van der Waals surface area contributed by atoms with Crippen LogP contribution in [0.1, 0.15) is 28.4 Å². The highest BCUT2D eigenvalue weighted by atomic mass is 16.8. The SMILES string of the molecule is COc1ccc(C2CC(=O)c3c(O)cc(O[C@@H]4OC(CO[C@@H]5OC[C@H](O)[C@H](O)C5O)[C@@H](O[C@H]5OC(CO)[C@@H](O)C(O)[C@@H]5O)C(O)[C@@H]4O)cc3O2)cc1O. The molecule has 0 bridgehead atoms. The van der Waals surface area contributed by atoms with Crippen LogP contribution in [-0.4, -0.2) is 175 Å². The van der Waals surface area contributed by atoms with Crippen LogP contribution in [0.25, 0.3) is 0 Å². The Morgan fingerprint density at radius 3 is 2.17 bits per heavy atom. The number of hydrogen-bond acceptors (Lipinski definition) is 20. The summed E-state index contributed by atoms with van der Waals surface area (Å²) in [5.41, 5.74) is 0.263. The predicted molar refractivity (Wildman–Crippen MR) is 169 cm³/mol. The molecule has 6 rings (SSSR count). The Morgan fingerprint density at radius 2 is 1.47 bits per heavy atom. The Hall–Kier alpha value is -3.45. The topological polar surface area (TPSA) is 313 Å². The third-order valence-electron chi connectivity index (χ3n) is 9.46. The molecule has 294 valence electrons. The van der Waals surface area contributed by atoms with Crippen LogP contribution in [0.15, 0.2) is 30.3 Å². The van der Waals surface area contributed by atoms with Crippen LogP contribution in [0.2, 0.25) is 0 Å². The summed E-state index contributed by atoms with van der Waals surface area (Å²) in [5.74, 6) is -1.36. The summed E-state index contributed by atoms with van der Waals surface area (Å²) in [4.78, 5) is 13.1. The van der Waals surface area contributed by atoms with Gasteiger partial charge in [-0.3, -0.25) is 4.79 Å². The lowest BCUT2D eigenvalue weighted by Gasteiger charge is -2.46. The van der Waals surface area contributed by atoms with Gasteiger partial charge in [0, 0.05) is 12.1 Å². The molecule has 4 aliphatic rings. The summed E-state index contributed by atoms with van der Waals surface area (Å²) in [7, 11) is 1.37. The molecule has 4 heterocycles. The van der Waals surface area contributed by atoms with E-state index in [4.69, 9.17) is 37.9 Å². The molecule has 3 saturated heterocycles. The van der Waals surface area contributed by atoms with Crippen LogP contribution >= 0.6 is 0 Å². The number of ether oxygens (including phenoxy) is 8. The molecule has 4 aliphatic heterocycles. The van der Waals surface area contributed by atoms with Crippen molar-refractivity contribution in [3.8, 4) is 28.7 Å². The number of benzene rings is 2. The number of Topliss-reactive ketones (excluding diaryl/α,β-unsaturated/α-hetero) is 1. The number of fused-ring (bicyclic) bond motifs is 1. The number of rotatable bonds is 10. The highest BCUT2D eigenvalue weighted by Gasteiger charge is 2.52. The third kappa shape index (κ3) is 7.88. The first-order valence-corrected chi connectivity index (χ1v) is 16.6. The molecular formula is C33H42O20. The summed E-state index contributed by atoms with van der Waals surface area (Å²) in [5, 5.41) is 114. The highest BCUT2D eigenvalue weighted by molar-refractivity contribution is 6.02. The molecule has 0 radical (unpaired) electrons. The second-order valence-corrected chi connectivity index (χ2v) is 13.0. The quantitative estimate of drug-likeness (QED) is 0.111. The van der Waals surface area contributed by atoms with E-state index in [1.807, 2.05) is 0 Å². The van der Waals surface area contributed by atoms with Crippen molar-refractivity contribution in [1.82, 2.24) is 0 Å². The average molecular weight is 759 g/mol. The molecule has 0 saturated carbocycles. The fraction of sp³-hybridized carbons (Fsp3) is 0.606. The summed E-state index contributed by atoms with van der Waals surface area (Å²) >= 11 is 0. The van der Waals surface area contributed by atoms with Crippen molar-refractivity contribution in [2.45, 2.75) is 98.5 Å². The predicted octanol–water partition coefficient (Wildman–Crippen LogP) is -3.72. The average Bonchev–Trinajstić information content (AvgIpc) is 3.13. The minimum absolute atomic E-state index is 0.115. The highest BCUT2D eigenvalue weighted by Crippen LogP contribution is 2.44. The maximum absolute atomic E-state index is 13.1. The largest absolute Gasteiger partial charge is 0.507 e. The molecule has 0 aliphatic carbocycles. The van der Waals surface area contributed by atoms with E-state index in [0.717, 1.165) is 6.07 Å². The van der Waals surface area contributed by atoms with Crippen LogP contribution < -0.4 is 14.2 Å². The smallest absolute Gasteiger partial charge is 0.229 e. The van der Waals surface area contributed by atoms with Gasteiger partial charge in [0.05, 0.1) is 33.4 Å². The molecule has 11 N–H and O–H groups in total. The van der Waals surface area contributed by atoms with Gasteiger partial charge in [-0.05, 0) is 17.7 Å². The number of methoxy groups -OCH3 is 1. The maximum atomic E-state index is 13.1. The molecule has 15 atom stereocenters. The van der Waals surface area contributed by atoms with Crippen molar-refractivity contribution in [3.05, 3.63) is 41.5 Å². The Kier molecular flexibility index (Phi) is 11.9. The number of hydrogen-bond donors (Lipinski definition) is 11. The lowest BCUT2D eigenvalue weighted by molar-refractivity contribution is -0.358. The van der Waals surface area contributed by atoms with Crippen molar-refractivity contribution < 1.29 is 98.9 Å². The zero-order valence-electron chi connectivity index (χ0n) is 28.0. The van der Waals surface area contributed by atoms with Gasteiger partial charge >= 0.3 is 0 Å². The van der Waals surface area contributed by atoms with E-state index in [9.17, 15) is 61.0 Å². The van der Waals surface area contributed by atoms with Gasteiger partial charge in [0.25, 0.3) is 0 Å². The van der Waals surface area contributed by atoms with Crippen molar-refractivity contribution in [1.29, 1.82) is 0 Å². The Morgan fingerprint density at radius 1 is 0.774 bits per heavy atom. The molecule has 53 heavy (non-hydrogen) atoms. The number of aliphatic hydroxyl groups is 9. The Balaban J connectivity index is 1.23. The fourth-order valence-electron chi connectivity index (χ4n) is 6.47. The van der Waals surface area contributed by atoms with Crippen LogP contribution in [0, 0.1) is 0 Å². The van der Waals surface area contributed by atoms with Gasteiger partial charge in [-0.15, -0.1) is 0 Å². The third-order valence-corrected chi connectivity index (χ3v) is 9.46. The number of phenolic OH excluding ortho intramolecular Hbond substituents is 2. The van der Waals surface area contributed by atoms with Gasteiger partial charge in [0.1, 0.15) is 96.1 Å². The first-order chi connectivity index (χ1) is 25.2. The standard InChI is InChI=1S/C33H42O20/c1-46-17-3-2-11(4-13(17)35)18-7-15(37)22-14(36)5-12(6-19(22)50-18)49-32-29(45)26(42)30(53-33-28(44)25(41)24(40)20(8-34)51-33)21(52-32)10-48-31-27(43)23(39)16(38)9-47-31/h2-6,16,18,20-21,23-36,38-45H,7-10H2,1H3/t16-,18?,20?,21?,23-,24+,25?,26?,27?,28-,29-,30+,31-,32+,33+/m0/s1. The van der Waals surface area contributed by atoms with Gasteiger partial charge in [-0.25, -0.2) is 0 Å². The van der Waals surface area contributed by atoms with Crippen molar-refractivity contribution >= 4 is 5.78 Å². The number of aliphatic hydroxyl groups excluding tert-OH is 9. The minimum Gasteiger partial charge on any atom is -0.507 e. The molecule has 2 aromatic carbocycles. The first kappa shape index (κ1) is 39.2. The van der Waals surface area contributed by atoms with E-state index in [-0.39, 0.29) is 35.0 Å². The molecule has 0 amide bonds. The molecule has 20 heteroatoms. The Labute approximate surface area is 300 Å². The maximum Gasteiger partial charge on any atom is 0.229 e. The fourth-order valence-corrected chi connectivity index (χ4v) is 6.47. The van der Waals surface area contributed by atoms with E-state index in [1.165, 1.54) is 25.3 Å². The van der Waals surface area contributed by atoms with Gasteiger partial charge < -0.3 is 94.1 Å². The summed E-state index contributed by atoms with van der Waals surface area (Å²) < 4.78 is 44.8. The summed E-state index contributed by atoms with van der Waals surface area (Å²) in [6, 6.07) is 6.70. The van der Waals surface area contributed by atoms with E-state index < -0.39 is 123 Å². The van der Waals surface area contributed by atoms with Gasteiger partial charge in [0.15, 0.2) is 29.9 Å². The van der Waals surface area contributed by atoms with Crippen LogP contribution in [-0.2, 0) is 23.7 Å². The van der Waals surface area contributed by atoms with Crippen LogP contribution in [0.4, 0.5) is 0 Å².